The maximum Gasteiger partial charge on any atom is 0.294 e. The van der Waals surface area contributed by atoms with Gasteiger partial charge in [0.1, 0.15) is 6.26 Å². The third kappa shape index (κ3) is 2.04. The fraction of sp³-hybridized carbons (Fsp3) is 0.400. The van der Waals surface area contributed by atoms with Crippen molar-refractivity contribution in [2.75, 3.05) is 0 Å². The Balaban J connectivity index is 1.90. The molecule has 2 aromatic heterocycles. The maximum absolute atomic E-state index is 11.1. The number of furan rings is 1. The zero-order valence-electron chi connectivity index (χ0n) is 9.17. The minimum Gasteiger partial charge on any atom is -0.451 e. The van der Waals surface area contributed by atoms with E-state index in [1.165, 1.54) is 18.8 Å². The van der Waals surface area contributed by atoms with Crippen LogP contribution in [-0.4, -0.2) is 18.6 Å². The van der Waals surface area contributed by atoms with E-state index in [0.717, 1.165) is 12.8 Å². The van der Waals surface area contributed by atoms with Crippen LogP contribution >= 0.6 is 10.7 Å². The first-order chi connectivity index (χ1) is 8.54. The molecule has 0 bridgehead atoms. The topological polar surface area (TPSA) is 86.2 Å². The summed E-state index contributed by atoms with van der Waals surface area (Å²) in [7, 11) is 1.28. The predicted octanol–water partition coefficient (Wildman–Crippen LogP) is 2.52. The zero-order valence-corrected chi connectivity index (χ0v) is 10.7. The van der Waals surface area contributed by atoms with Crippen molar-refractivity contribution in [3.05, 3.63) is 18.2 Å². The highest BCUT2D eigenvalue weighted by Crippen LogP contribution is 2.36. The van der Waals surface area contributed by atoms with E-state index in [2.05, 4.69) is 10.2 Å². The van der Waals surface area contributed by atoms with Crippen molar-refractivity contribution in [2.45, 2.75) is 30.3 Å². The van der Waals surface area contributed by atoms with Crippen molar-refractivity contribution in [3.63, 3.8) is 0 Å². The number of aromatic nitrogens is 2. The lowest BCUT2D eigenvalue weighted by atomic mass is 9.85. The van der Waals surface area contributed by atoms with Crippen molar-refractivity contribution < 1.29 is 17.3 Å². The molecule has 0 radical (unpaired) electrons. The Morgan fingerprint density at radius 2 is 2.11 bits per heavy atom. The minimum absolute atomic E-state index is 0.243. The van der Waals surface area contributed by atoms with Gasteiger partial charge in [-0.3, -0.25) is 0 Å². The highest BCUT2D eigenvalue weighted by atomic mass is 35.7. The molecule has 0 saturated heterocycles. The van der Waals surface area contributed by atoms with E-state index in [0.29, 0.717) is 17.4 Å². The second-order valence-corrected chi connectivity index (χ2v) is 6.66. The monoisotopic (exact) mass is 288 g/mol. The summed E-state index contributed by atoms with van der Waals surface area (Å²) in [5, 5.41) is 7.48. The molecule has 6 nitrogen and oxygen atoms in total. The lowest BCUT2D eigenvalue weighted by Gasteiger charge is -2.20. The SMILES string of the molecule is O=S(=O)(Cl)c1cc(-c2nnc(C3CCC3)o2)co1. The molecule has 0 spiro atoms. The van der Waals surface area contributed by atoms with E-state index in [4.69, 9.17) is 19.5 Å². The number of hydrogen-bond acceptors (Lipinski definition) is 6. The summed E-state index contributed by atoms with van der Waals surface area (Å²) in [6.45, 7) is 0. The normalized spacial score (nSPS) is 16.7. The van der Waals surface area contributed by atoms with Crippen LogP contribution in [0.1, 0.15) is 31.1 Å². The molecular weight excluding hydrogens is 280 g/mol. The molecule has 0 N–H and O–H groups in total. The lowest BCUT2D eigenvalue weighted by Crippen LogP contribution is -2.08. The molecule has 96 valence electrons. The first-order valence-electron chi connectivity index (χ1n) is 5.41. The second-order valence-electron chi connectivity index (χ2n) is 4.17. The zero-order chi connectivity index (χ0) is 12.8. The van der Waals surface area contributed by atoms with E-state index >= 15 is 0 Å². The Hall–Kier alpha value is -1.34. The first-order valence-corrected chi connectivity index (χ1v) is 7.72. The molecule has 2 aromatic rings. The molecule has 2 heterocycles. The van der Waals surface area contributed by atoms with Crippen molar-refractivity contribution >= 4 is 19.7 Å². The van der Waals surface area contributed by atoms with Gasteiger partial charge in [0.2, 0.25) is 11.0 Å². The van der Waals surface area contributed by atoms with E-state index in [1.807, 2.05) is 0 Å². The molecule has 1 aliphatic rings. The molecule has 3 rings (SSSR count). The average Bonchev–Trinajstić information content (AvgIpc) is 2.78. The molecule has 0 atom stereocenters. The van der Waals surface area contributed by atoms with Gasteiger partial charge in [-0.05, 0) is 12.8 Å². The van der Waals surface area contributed by atoms with Crippen LogP contribution in [0.2, 0.25) is 0 Å². The molecule has 0 aromatic carbocycles. The Morgan fingerprint density at radius 3 is 2.67 bits per heavy atom. The van der Waals surface area contributed by atoms with Gasteiger partial charge in [0.15, 0.2) is 0 Å². The number of halogens is 1. The van der Waals surface area contributed by atoms with Crippen molar-refractivity contribution in [2.24, 2.45) is 0 Å². The van der Waals surface area contributed by atoms with Gasteiger partial charge in [-0.1, -0.05) is 6.42 Å². The fourth-order valence-electron chi connectivity index (χ4n) is 1.73. The Kier molecular flexibility index (Phi) is 2.67. The van der Waals surface area contributed by atoms with Crippen LogP contribution in [0.5, 0.6) is 0 Å². The van der Waals surface area contributed by atoms with Crippen LogP contribution in [0.4, 0.5) is 0 Å². The van der Waals surface area contributed by atoms with Crippen LogP contribution in [0.15, 0.2) is 26.3 Å². The third-order valence-corrected chi connectivity index (χ3v) is 4.11. The predicted molar refractivity (Wildman–Crippen MR) is 61.6 cm³/mol. The molecule has 0 amide bonds. The Labute approximate surface area is 107 Å². The maximum atomic E-state index is 11.1. The second kappa shape index (κ2) is 4.10. The molecule has 1 fully saturated rings. The lowest BCUT2D eigenvalue weighted by molar-refractivity contribution is 0.338. The summed E-state index contributed by atoms with van der Waals surface area (Å²) < 4.78 is 32.4. The third-order valence-electron chi connectivity index (χ3n) is 2.96. The fourth-order valence-corrected chi connectivity index (χ4v) is 2.40. The molecular formula is C10H9ClN2O4S. The van der Waals surface area contributed by atoms with Gasteiger partial charge in [0.05, 0.1) is 5.56 Å². The summed E-state index contributed by atoms with van der Waals surface area (Å²) in [6, 6.07) is 1.26. The van der Waals surface area contributed by atoms with E-state index in [9.17, 15) is 8.42 Å². The van der Waals surface area contributed by atoms with Crippen LogP contribution in [0.3, 0.4) is 0 Å². The van der Waals surface area contributed by atoms with Gasteiger partial charge < -0.3 is 8.83 Å². The largest absolute Gasteiger partial charge is 0.451 e. The quantitative estimate of drug-likeness (QED) is 0.807. The van der Waals surface area contributed by atoms with Crippen LogP contribution < -0.4 is 0 Å². The molecule has 18 heavy (non-hydrogen) atoms. The molecule has 0 aliphatic heterocycles. The highest BCUT2D eigenvalue weighted by Gasteiger charge is 2.26. The van der Waals surface area contributed by atoms with Crippen LogP contribution in [0, 0.1) is 0 Å². The number of nitrogens with zero attached hydrogens (tertiary/aromatic N) is 2. The molecule has 8 heteroatoms. The van der Waals surface area contributed by atoms with Crippen LogP contribution in [-0.2, 0) is 9.05 Å². The Morgan fingerprint density at radius 1 is 1.33 bits per heavy atom. The van der Waals surface area contributed by atoms with E-state index in [1.54, 1.807) is 0 Å². The van der Waals surface area contributed by atoms with Crippen molar-refractivity contribution in [1.82, 2.24) is 10.2 Å². The molecule has 0 unspecified atom stereocenters. The summed E-state index contributed by atoms with van der Waals surface area (Å²) in [4.78, 5) is 0. The summed E-state index contributed by atoms with van der Waals surface area (Å²) in [6.07, 6.45) is 4.50. The van der Waals surface area contributed by atoms with E-state index in [-0.39, 0.29) is 11.0 Å². The number of hydrogen-bond donors (Lipinski definition) is 0. The van der Waals surface area contributed by atoms with Crippen molar-refractivity contribution in [1.29, 1.82) is 0 Å². The summed E-state index contributed by atoms with van der Waals surface area (Å²) >= 11 is 0. The highest BCUT2D eigenvalue weighted by molar-refractivity contribution is 8.13. The van der Waals surface area contributed by atoms with Gasteiger partial charge in [0, 0.05) is 22.7 Å². The average molecular weight is 289 g/mol. The van der Waals surface area contributed by atoms with Gasteiger partial charge in [-0.2, -0.15) is 0 Å². The minimum atomic E-state index is -3.88. The Bertz CT molecular complexity index is 672. The van der Waals surface area contributed by atoms with E-state index < -0.39 is 9.05 Å². The summed E-state index contributed by atoms with van der Waals surface area (Å²) in [5.41, 5.74) is 0.410. The van der Waals surface area contributed by atoms with Gasteiger partial charge >= 0.3 is 0 Å². The van der Waals surface area contributed by atoms with Gasteiger partial charge in [-0.25, -0.2) is 8.42 Å². The van der Waals surface area contributed by atoms with Crippen LogP contribution in [0.25, 0.3) is 11.5 Å². The molecule has 1 saturated carbocycles. The standard InChI is InChI=1S/C10H9ClN2O4S/c11-18(14,15)8-4-7(5-16-8)10-13-12-9(17-10)6-2-1-3-6/h4-6H,1-3H2. The summed E-state index contributed by atoms with van der Waals surface area (Å²) in [5.74, 6) is 1.16. The smallest absolute Gasteiger partial charge is 0.294 e. The first kappa shape index (κ1) is 11.7. The number of rotatable bonds is 3. The van der Waals surface area contributed by atoms with Gasteiger partial charge in [0.25, 0.3) is 14.9 Å². The molecule has 1 aliphatic carbocycles. The van der Waals surface area contributed by atoms with Crippen molar-refractivity contribution in [3.8, 4) is 11.5 Å². The van der Waals surface area contributed by atoms with Gasteiger partial charge in [-0.15, -0.1) is 10.2 Å².